The lowest BCUT2D eigenvalue weighted by Crippen LogP contribution is -2.49. The fraction of sp³-hybridized carbons (Fsp3) is 0.379. The fourth-order valence-electron chi connectivity index (χ4n) is 5.58. The molecule has 1 fully saturated rings. The molecule has 1 aromatic heterocycles. The van der Waals surface area contributed by atoms with Crippen molar-refractivity contribution in [3.05, 3.63) is 64.8 Å². The number of esters is 1. The number of amides is 2. The highest BCUT2D eigenvalue weighted by Crippen LogP contribution is 2.35. The first kappa shape index (κ1) is 25.1. The van der Waals surface area contributed by atoms with Gasteiger partial charge in [-0.05, 0) is 50.2 Å². The number of carbonyl (C=O) groups is 2. The van der Waals surface area contributed by atoms with Gasteiger partial charge < -0.3 is 19.9 Å². The normalized spacial score (nSPS) is 18.1. The van der Waals surface area contributed by atoms with Crippen molar-refractivity contribution in [2.24, 2.45) is 0 Å². The Bertz CT molecular complexity index is 1410. The van der Waals surface area contributed by atoms with E-state index in [2.05, 4.69) is 33.2 Å². The number of likely N-dealkylation sites (N-methyl/N-ethyl adjacent to an activating group) is 1. The van der Waals surface area contributed by atoms with Crippen LogP contribution in [0, 0.1) is 13.8 Å². The van der Waals surface area contributed by atoms with Crippen LogP contribution in [0.3, 0.4) is 0 Å². The second-order valence-electron chi connectivity index (χ2n) is 10.5. The van der Waals surface area contributed by atoms with Crippen molar-refractivity contribution in [3.63, 3.8) is 0 Å². The summed E-state index contributed by atoms with van der Waals surface area (Å²) in [6.07, 6.45) is 1.82. The smallest absolute Gasteiger partial charge is 0.330 e. The zero-order chi connectivity index (χ0) is 27.1. The molecule has 1 N–H and O–H groups in total. The van der Waals surface area contributed by atoms with E-state index in [4.69, 9.17) is 9.72 Å². The molecule has 1 saturated heterocycles. The molecular formula is C29H33N7O3. The highest BCUT2D eigenvalue weighted by Gasteiger charge is 2.35. The first-order valence-corrected chi connectivity index (χ1v) is 13.4. The quantitative estimate of drug-likeness (QED) is 0.500. The van der Waals surface area contributed by atoms with E-state index in [1.807, 2.05) is 44.2 Å². The predicted octanol–water partition coefficient (Wildman–Crippen LogP) is 3.98. The number of piperazine rings is 1. The Morgan fingerprint density at radius 1 is 0.923 bits per heavy atom. The number of aromatic nitrogens is 2. The lowest BCUT2D eigenvalue weighted by molar-refractivity contribution is -0.144. The topological polar surface area (TPSA) is 94.1 Å². The summed E-state index contributed by atoms with van der Waals surface area (Å²) < 4.78 is 5.74. The summed E-state index contributed by atoms with van der Waals surface area (Å²) in [4.78, 5) is 44.1. The Kier molecular flexibility index (Phi) is 6.56. The van der Waals surface area contributed by atoms with Gasteiger partial charge in [0.15, 0.2) is 0 Å². The Morgan fingerprint density at radius 2 is 1.69 bits per heavy atom. The number of hydrogen-bond donors (Lipinski definition) is 1. The number of anilines is 5. The summed E-state index contributed by atoms with van der Waals surface area (Å²) in [5.74, 6) is 0.558. The minimum Gasteiger partial charge on any atom is -0.461 e. The summed E-state index contributed by atoms with van der Waals surface area (Å²) >= 11 is 0. The number of para-hydroxylation sites is 1. The molecule has 10 nitrogen and oxygen atoms in total. The van der Waals surface area contributed by atoms with Crippen molar-refractivity contribution in [3.8, 4) is 0 Å². The molecule has 4 heterocycles. The van der Waals surface area contributed by atoms with Crippen LogP contribution in [0.2, 0.25) is 0 Å². The summed E-state index contributed by atoms with van der Waals surface area (Å²) in [5.41, 5.74) is 6.48. The van der Waals surface area contributed by atoms with Crippen LogP contribution in [0.15, 0.2) is 42.6 Å². The van der Waals surface area contributed by atoms with E-state index >= 15 is 0 Å². The molecule has 4 bridgehead atoms. The molecule has 6 rings (SSSR count). The van der Waals surface area contributed by atoms with Crippen molar-refractivity contribution in [1.82, 2.24) is 14.9 Å². The average Bonchev–Trinajstić information content (AvgIpc) is 2.93. The van der Waals surface area contributed by atoms with E-state index in [0.717, 1.165) is 65.5 Å². The van der Waals surface area contributed by atoms with E-state index in [1.54, 1.807) is 16.0 Å². The molecule has 39 heavy (non-hydrogen) atoms. The third kappa shape index (κ3) is 4.87. The minimum atomic E-state index is -0.357. The molecule has 10 heteroatoms. The van der Waals surface area contributed by atoms with Crippen LogP contribution in [-0.2, 0) is 22.7 Å². The van der Waals surface area contributed by atoms with Gasteiger partial charge in [-0.1, -0.05) is 18.2 Å². The Morgan fingerprint density at radius 3 is 2.46 bits per heavy atom. The van der Waals surface area contributed by atoms with Crippen LogP contribution in [0.4, 0.5) is 33.6 Å². The highest BCUT2D eigenvalue weighted by atomic mass is 16.5. The predicted molar refractivity (Wildman–Crippen MR) is 151 cm³/mol. The molecule has 0 aliphatic carbocycles. The van der Waals surface area contributed by atoms with Crippen molar-refractivity contribution < 1.29 is 14.3 Å². The number of aryl methyl sites for hydroxylation is 2. The lowest BCUT2D eigenvalue weighted by atomic mass is 10.1. The highest BCUT2D eigenvalue weighted by molar-refractivity contribution is 6.06. The number of ether oxygens (including phenoxy) is 1. The zero-order valence-electron chi connectivity index (χ0n) is 22.6. The number of carbonyl (C=O) groups excluding carboxylic acids is 2. The van der Waals surface area contributed by atoms with E-state index in [-0.39, 0.29) is 31.6 Å². The molecule has 0 saturated carbocycles. The maximum absolute atomic E-state index is 13.8. The van der Waals surface area contributed by atoms with Gasteiger partial charge >= 0.3 is 12.0 Å². The maximum Gasteiger partial charge on any atom is 0.330 e. The van der Waals surface area contributed by atoms with Gasteiger partial charge in [0.05, 0.1) is 18.7 Å². The number of hydrogen-bond acceptors (Lipinski definition) is 8. The Labute approximate surface area is 228 Å². The fourth-order valence-corrected chi connectivity index (χ4v) is 5.58. The SMILES string of the molecule is Cc1cccc(C)c1N1Cc2cnc3nc2N(CCC(=O)OCc2cc(ccc2N2CCN(C)CC2)N3)C1=O. The second-order valence-corrected chi connectivity index (χ2v) is 10.5. The number of fused-ring (bicyclic) bond motifs is 3. The summed E-state index contributed by atoms with van der Waals surface area (Å²) in [6, 6.07) is 11.8. The molecule has 0 unspecified atom stereocenters. The van der Waals surface area contributed by atoms with Crippen molar-refractivity contribution >= 4 is 40.8 Å². The number of urea groups is 1. The van der Waals surface area contributed by atoms with E-state index in [9.17, 15) is 9.59 Å². The van der Waals surface area contributed by atoms with Crippen molar-refractivity contribution in [2.45, 2.75) is 33.4 Å². The Hall–Kier alpha value is -4.18. The largest absolute Gasteiger partial charge is 0.461 e. The second kappa shape index (κ2) is 10.2. The Balaban J connectivity index is 1.35. The first-order chi connectivity index (χ1) is 18.9. The van der Waals surface area contributed by atoms with Crippen LogP contribution in [0.5, 0.6) is 0 Å². The third-order valence-electron chi connectivity index (χ3n) is 7.70. The number of rotatable bonds is 2. The molecule has 0 radical (unpaired) electrons. The molecule has 2 aromatic carbocycles. The van der Waals surface area contributed by atoms with E-state index in [1.165, 1.54) is 0 Å². The molecule has 0 spiro atoms. The number of nitrogens with zero attached hydrogens (tertiary/aromatic N) is 6. The van der Waals surface area contributed by atoms with Crippen molar-refractivity contribution in [2.75, 3.05) is 59.8 Å². The number of cyclic esters (lactones) is 1. The molecular weight excluding hydrogens is 494 g/mol. The van der Waals surface area contributed by atoms with E-state index in [0.29, 0.717) is 18.3 Å². The van der Waals surface area contributed by atoms with Crippen LogP contribution in [0.1, 0.15) is 28.7 Å². The van der Waals surface area contributed by atoms with Gasteiger partial charge in [0.1, 0.15) is 12.4 Å². The summed E-state index contributed by atoms with van der Waals surface area (Å²) in [5, 5.41) is 3.30. The molecule has 0 atom stereocenters. The summed E-state index contributed by atoms with van der Waals surface area (Å²) in [7, 11) is 2.13. The number of nitrogens with one attached hydrogen (secondary N) is 1. The standard InChI is InChI=1S/C29H33N7O3/c1-19-5-4-6-20(2)26(19)36-17-22-16-30-28-31-23-7-8-24(34-13-11-33(3)12-14-34)21(15-23)18-39-25(37)9-10-35(29(36)38)27(22)32-28/h4-8,15-16H,9-14,17-18H2,1-3H3,(H,30,31,32). The van der Waals surface area contributed by atoms with Crippen LogP contribution in [-0.4, -0.2) is 66.6 Å². The van der Waals surface area contributed by atoms with E-state index < -0.39 is 0 Å². The lowest BCUT2D eigenvalue weighted by Gasteiger charge is -2.37. The van der Waals surface area contributed by atoms with Crippen LogP contribution < -0.4 is 20.0 Å². The van der Waals surface area contributed by atoms with Crippen LogP contribution >= 0.6 is 0 Å². The van der Waals surface area contributed by atoms with Gasteiger partial charge in [-0.2, -0.15) is 4.98 Å². The minimum absolute atomic E-state index is 0.0576. The molecule has 202 valence electrons. The maximum atomic E-state index is 13.8. The summed E-state index contributed by atoms with van der Waals surface area (Å²) in [6.45, 7) is 8.43. The number of benzene rings is 2. The van der Waals surface area contributed by atoms with Crippen molar-refractivity contribution in [1.29, 1.82) is 0 Å². The third-order valence-corrected chi connectivity index (χ3v) is 7.70. The molecule has 3 aromatic rings. The molecule has 2 amide bonds. The first-order valence-electron chi connectivity index (χ1n) is 13.4. The van der Waals surface area contributed by atoms with Gasteiger partial charge in [0.2, 0.25) is 5.95 Å². The van der Waals surface area contributed by atoms with Gasteiger partial charge in [-0.25, -0.2) is 9.78 Å². The van der Waals surface area contributed by atoms with Gasteiger partial charge in [0.25, 0.3) is 0 Å². The zero-order valence-corrected chi connectivity index (χ0v) is 22.6. The average molecular weight is 528 g/mol. The van der Waals surface area contributed by atoms with Crippen LogP contribution in [0.25, 0.3) is 0 Å². The van der Waals surface area contributed by atoms with Gasteiger partial charge in [-0.15, -0.1) is 0 Å². The molecule has 3 aliphatic heterocycles. The van der Waals surface area contributed by atoms with Gasteiger partial charge in [0, 0.05) is 61.4 Å². The van der Waals surface area contributed by atoms with Gasteiger partial charge in [-0.3, -0.25) is 14.6 Å². The molecule has 3 aliphatic rings. The monoisotopic (exact) mass is 527 g/mol.